The first-order valence-electron chi connectivity index (χ1n) is 6.56. The fourth-order valence-corrected chi connectivity index (χ4v) is 2.64. The molecule has 6 heteroatoms. The van der Waals surface area contributed by atoms with Crippen molar-refractivity contribution in [2.24, 2.45) is 5.92 Å². The van der Waals surface area contributed by atoms with Gasteiger partial charge in [-0.3, -0.25) is 4.79 Å². The molecule has 0 aliphatic carbocycles. The predicted molar refractivity (Wildman–Crippen MR) is 73.9 cm³/mol. The molecule has 1 aliphatic rings. The Labute approximate surface area is 115 Å². The van der Waals surface area contributed by atoms with Gasteiger partial charge >= 0.3 is 0 Å². The van der Waals surface area contributed by atoms with E-state index in [2.05, 4.69) is 15.3 Å². The summed E-state index contributed by atoms with van der Waals surface area (Å²) in [7, 11) is 1.64. The predicted octanol–water partition coefficient (Wildman–Crippen LogP) is 1.34. The SMILES string of the molecule is CNC(=O)C1CCN(c2ncnc3ccc(F)cc23)C1. The lowest BCUT2D eigenvalue weighted by Crippen LogP contribution is -2.30. The molecular weight excluding hydrogens is 259 g/mol. The highest BCUT2D eigenvalue weighted by Crippen LogP contribution is 2.28. The van der Waals surface area contributed by atoms with E-state index in [0.717, 1.165) is 13.0 Å². The van der Waals surface area contributed by atoms with Crippen LogP contribution in [0.5, 0.6) is 0 Å². The summed E-state index contributed by atoms with van der Waals surface area (Å²) in [6.45, 7) is 1.34. The number of anilines is 1. The molecule has 5 nitrogen and oxygen atoms in total. The number of rotatable bonds is 2. The summed E-state index contributed by atoms with van der Waals surface area (Å²) in [4.78, 5) is 22.1. The molecule has 1 saturated heterocycles. The van der Waals surface area contributed by atoms with Crippen molar-refractivity contribution in [3.63, 3.8) is 0 Å². The summed E-state index contributed by atoms with van der Waals surface area (Å²) in [5.41, 5.74) is 0.708. The average Bonchev–Trinajstić information content (AvgIpc) is 2.95. The van der Waals surface area contributed by atoms with Gasteiger partial charge in [0.15, 0.2) is 0 Å². The van der Waals surface area contributed by atoms with Gasteiger partial charge < -0.3 is 10.2 Å². The van der Waals surface area contributed by atoms with Crippen molar-refractivity contribution in [1.82, 2.24) is 15.3 Å². The van der Waals surface area contributed by atoms with Crippen molar-refractivity contribution in [3.05, 3.63) is 30.3 Å². The summed E-state index contributed by atoms with van der Waals surface area (Å²) >= 11 is 0. The maximum Gasteiger partial charge on any atom is 0.224 e. The van der Waals surface area contributed by atoms with E-state index in [1.54, 1.807) is 13.1 Å². The first-order chi connectivity index (χ1) is 9.69. The van der Waals surface area contributed by atoms with Gasteiger partial charge in [0.1, 0.15) is 18.0 Å². The number of hydrogen-bond acceptors (Lipinski definition) is 4. The number of nitrogens with one attached hydrogen (secondary N) is 1. The van der Waals surface area contributed by atoms with E-state index in [4.69, 9.17) is 0 Å². The van der Waals surface area contributed by atoms with E-state index in [1.807, 2.05) is 4.90 Å². The van der Waals surface area contributed by atoms with Crippen LogP contribution < -0.4 is 10.2 Å². The molecule has 0 bridgehead atoms. The molecule has 1 atom stereocenters. The fourth-order valence-electron chi connectivity index (χ4n) is 2.64. The Morgan fingerprint density at radius 1 is 1.45 bits per heavy atom. The van der Waals surface area contributed by atoms with Gasteiger partial charge in [-0.1, -0.05) is 0 Å². The number of carbonyl (C=O) groups excluding carboxylic acids is 1. The molecule has 104 valence electrons. The number of nitrogens with zero attached hydrogens (tertiary/aromatic N) is 3. The zero-order chi connectivity index (χ0) is 14.1. The molecule has 0 radical (unpaired) electrons. The highest BCUT2D eigenvalue weighted by Gasteiger charge is 2.29. The molecule has 1 unspecified atom stereocenters. The Balaban J connectivity index is 1.95. The second kappa shape index (κ2) is 5.03. The summed E-state index contributed by atoms with van der Waals surface area (Å²) < 4.78 is 13.4. The van der Waals surface area contributed by atoms with Gasteiger partial charge in [0, 0.05) is 25.5 Å². The van der Waals surface area contributed by atoms with Crippen LogP contribution in [0.25, 0.3) is 10.9 Å². The van der Waals surface area contributed by atoms with Crippen LogP contribution in [-0.2, 0) is 4.79 Å². The second-order valence-corrected chi connectivity index (χ2v) is 4.90. The van der Waals surface area contributed by atoms with Crippen LogP contribution in [0.3, 0.4) is 0 Å². The minimum atomic E-state index is -0.310. The molecule has 2 heterocycles. The second-order valence-electron chi connectivity index (χ2n) is 4.90. The topological polar surface area (TPSA) is 58.1 Å². The van der Waals surface area contributed by atoms with Crippen LogP contribution in [0, 0.1) is 11.7 Å². The van der Waals surface area contributed by atoms with Crippen LogP contribution in [0.15, 0.2) is 24.5 Å². The van der Waals surface area contributed by atoms with Crippen LogP contribution in [-0.4, -0.2) is 36.0 Å². The molecule has 1 fully saturated rings. The normalized spacial score (nSPS) is 18.5. The third-order valence-corrected chi connectivity index (χ3v) is 3.68. The van der Waals surface area contributed by atoms with Crippen molar-refractivity contribution in [3.8, 4) is 0 Å². The van der Waals surface area contributed by atoms with Gasteiger partial charge in [-0.05, 0) is 24.6 Å². The van der Waals surface area contributed by atoms with Gasteiger partial charge in [0.05, 0.1) is 11.4 Å². The summed E-state index contributed by atoms with van der Waals surface area (Å²) in [5, 5.41) is 3.35. The molecule has 2 aromatic rings. The number of benzene rings is 1. The molecule has 0 spiro atoms. The molecule has 3 rings (SSSR count). The van der Waals surface area contributed by atoms with E-state index < -0.39 is 0 Å². The van der Waals surface area contributed by atoms with Crippen molar-refractivity contribution < 1.29 is 9.18 Å². The quantitative estimate of drug-likeness (QED) is 0.898. The minimum Gasteiger partial charge on any atom is -0.359 e. The molecule has 1 aromatic carbocycles. The summed E-state index contributed by atoms with van der Waals surface area (Å²) in [5.74, 6) is 0.382. The largest absolute Gasteiger partial charge is 0.359 e. The zero-order valence-corrected chi connectivity index (χ0v) is 11.1. The Morgan fingerprint density at radius 3 is 3.10 bits per heavy atom. The van der Waals surface area contributed by atoms with E-state index in [1.165, 1.54) is 18.5 Å². The lowest BCUT2D eigenvalue weighted by molar-refractivity contribution is -0.123. The Hall–Kier alpha value is -2.24. The Bertz CT molecular complexity index is 661. The first kappa shape index (κ1) is 12.8. The number of halogens is 1. The van der Waals surface area contributed by atoms with Crippen molar-refractivity contribution in [1.29, 1.82) is 0 Å². The number of aromatic nitrogens is 2. The van der Waals surface area contributed by atoms with Crippen LogP contribution >= 0.6 is 0 Å². The summed E-state index contributed by atoms with van der Waals surface area (Å²) in [6.07, 6.45) is 2.25. The fraction of sp³-hybridized carbons (Fsp3) is 0.357. The molecular formula is C14H15FN4O. The number of amides is 1. The standard InChI is InChI=1S/C14H15FN4O/c1-16-14(20)9-4-5-19(7-9)13-11-6-10(15)2-3-12(11)17-8-18-13/h2-3,6,8-9H,4-5,7H2,1H3,(H,16,20). The molecule has 1 aliphatic heterocycles. The Kier molecular flexibility index (Phi) is 3.22. The molecule has 1 amide bonds. The minimum absolute atomic E-state index is 0.0389. The van der Waals surface area contributed by atoms with E-state index >= 15 is 0 Å². The van der Waals surface area contributed by atoms with E-state index in [9.17, 15) is 9.18 Å². The van der Waals surface area contributed by atoms with Gasteiger partial charge in [0.25, 0.3) is 0 Å². The van der Waals surface area contributed by atoms with Gasteiger partial charge in [-0.25, -0.2) is 14.4 Å². The molecule has 1 N–H and O–H groups in total. The monoisotopic (exact) mass is 274 g/mol. The van der Waals surface area contributed by atoms with Crippen LogP contribution in [0.2, 0.25) is 0 Å². The maximum absolute atomic E-state index is 13.4. The van der Waals surface area contributed by atoms with Gasteiger partial charge in [-0.2, -0.15) is 0 Å². The number of carbonyl (C=O) groups is 1. The number of fused-ring (bicyclic) bond motifs is 1. The maximum atomic E-state index is 13.4. The zero-order valence-electron chi connectivity index (χ0n) is 11.1. The third-order valence-electron chi connectivity index (χ3n) is 3.68. The van der Waals surface area contributed by atoms with Crippen LogP contribution in [0.4, 0.5) is 10.2 Å². The highest BCUT2D eigenvalue weighted by atomic mass is 19.1. The lowest BCUT2D eigenvalue weighted by atomic mass is 10.1. The highest BCUT2D eigenvalue weighted by molar-refractivity contribution is 5.90. The van der Waals surface area contributed by atoms with Crippen molar-refractivity contribution in [2.75, 3.05) is 25.0 Å². The van der Waals surface area contributed by atoms with Crippen molar-refractivity contribution in [2.45, 2.75) is 6.42 Å². The molecule has 1 aromatic heterocycles. The average molecular weight is 274 g/mol. The third kappa shape index (κ3) is 2.17. The Morgan fingerprint density at radius 2 is 2.30 bits per heavy atom. The number of hydrogen-bond donors (Lipinski definition) is 1. The van der Waals surface area contributed by atoms with Gasteiger partial charge in [-0.15, -0.1) is 0 Å². The lowest BCUT2D eigenvalue weighted by Gasteiger charge is -2.18. The van der Waals surface area contributed by atoms with Crippen LogP contribution in [0.1, 0.15) is 6.42 Å². The van der Waals surface area contributed by atoms with Gasteiger partial charge in [0.2, 0.25) is 5.91 Å². The van der Waals surface area contributed by atoms with E-state index in [0.29, 0.717) is 23.3 Å². The smallest absolute Gasteiger partial charge is 0.224 e. The first-order valence-corrected chi connectivity index (χ1v) is 6.56. The molecule has 0 saturated carbocycles. The van der Waals surface area contributed by atoms with Crippen molar-refractivity contribution >= 4 is 22.6 Å². The van der Waals surface area contributed by atoms with E-state index in [-0.39, 0.29) is 17.6 Å². The molecule has 20 heavy (non-hydrogen) atoms. The summed E-state index contributed by atoms with van der Waals surface area (Å²) in [6, 6.07) is 4.47.